The van der Waals surface area contributed by atoms with Crippen molar-refractivity contribution in [2.75, 3.05) is 31.7 Å². The Labute approximate surface area is 124 Å². The highest BCUT2D eigenvalue weighted by molar-refractivity contribution is 5.97. The number of hydrogen-bond acceptors (Lipinski definition) is 6. The monoisotopic (exact) mass is 294 g/mol. The maximum atomic E-state index is 10.6. The molecule has 1 aliphatic heterocycles. The molecule has 116 valence electrons. The first-order chi connectivity index (χ1) is 9.93. The van der Waals surface area contributed by atoms with Gasteiger partial charge in [0.25, 0.3) is 0 Å². The van der Waals surface area contributed by atoms with Crippen LogP contribution in [0, 0.1) is 6.92 Å². The Morgan fingerprint density at radius 2 is 2.14 bits per heavy atom. The molecule has 0 atom stereocenters. The number of pyridine rings is 1. The second-order valence-electron chi connectivity index (χ2n) is 5.53. The van der Waals surface area contributed by atoms with Crippen LogP contribution >= 0.6 is 0 Å². The summed E-state index contributed by atoms with van der Waals surface area (Å²) in [6.45, 7) is 3.44. The molecule has 0 unspecified atom stereocenters. The number of nitrogens with zero attached hydrogens (tertiary/aromatic N) is 3. The molecule has 4 N–H and O–H groups in total. The zero-order chi connectivity index (χ0) is 15.5. The number of aryl methyl sites for hydroxylation is 1. The van der Waals surface area contributed by atoms with Gasteiger partial charge in [0.15, 0.2) is 5.84 Å². The summed E-state index contributed by atoms with van der Waals surface area (Å²) in [4.78, 5) is 6.32. The van der Waals surface area contributed by atoms with Gasteiger partial charge in [0, 0.05) is 50.9 Å². The van der Waals surface area contributed by atoms with E-state index in [-0.39, 0.29) is 5.84 Å². The van der Waals surface area contributed by atoms with Crippen molar-refractivity contribution >= 4 is 11.7 Å². The van der Waals surface area contributed by atoms with Crippen LogP contribution in [0.15, 0.2) is 17.3 Å². The number of nitrogens with two attached hydrogens (primary N) is 1. The van der Waals surface area contributed by atoms with Gasteiger partial charge in [-0.1, -0.05) is 5.16 Å². The van der Waals surface area contributed by atoms with Crippen LogP contribution in [0.5, 0.6) is 0 Å². The Hall–Kier alpha value is -1.86. The number of ether oxygens (including phenoxy) is 1. The predicted octanol–water partition coefficient (Wildman–Crippen LogP) is 0.462. The van der Waals surface area contributed by atoms with Crippen molar-refractivity contribution in [1.29, 1.82) is 0 Å². The van der Waals surface area contributed by atoms with Gasteiger partial charge in [0.1, 0.15) is 5.82 Å². The lowest BCUT2D eigenvalue weighted by Gasteiger charge is -2.36. The molecule has 1 aliphatic rings. The third kappa shape index (κ3) is 3.83. The second-order valence-corrected chi connectivity index (χ2v) is 5.53. The summed E-state index contributed by atoms with van der Waals surface area (Å²) in [7, 11) is 1.87. The molecular formula is C14H22N4O3. The first kappa shape index (κ1) is 15.5. The van der Waals surface area contributed by atoms with E-state index < -0.39 is 5.60 Å². The van der Waals surface area contributed by atoms with Crippen LogP contribution < -0.4 is 10.6 Å². The first-order valence-electron chi connectivity index (χ1n) is 6.91. The van der Waals surface area contributed by atoms with Crippen LogP contribution in [-0.4, -0.2) is 53.5 Å². The zero-order valence-corrected chi connectivity index (χ0v) is 12.4. The van der Waals surface area contributed by atoms with Crippen molar-refractivity contribution in [3.8, 4) is 0 Å². The lowest BCUT2D eigenvalue weighted by molar-refractivity contribution is -0.0573. The van der Waals surface area contributed by atoms with E-state index in [1.165, 1.54) is 0 Å². The molecule has 1 fully saturated rings. The predicted molar refractivity (Wildman–Crippen MR) is 79.8 cm³/mol. The summed E-state index contributed by atoms with van der Waals surface area (Å²) < 4.78 is 5.28. The van der Waals surface area contributed by atoms with Gasteiger partial charge in [-0.25, -0.2) is 4.98 Å². The molecule has 0 radical (unpaired) electrons. The van der Waals surface area contributed by atoms with E-state index in [1.807, 2.05) is 18.9 Å². The minimum atomic E-state index is -0.769. The third-order valence-corrected chi connectivity index (χ3v) is 3.69. The van der Waals surface area contributed by atoms with Crippen molar-refractivity contribution in [3.63, 3.8) is 0 Å². The molecule has 0 spiro atoms. The van der Waals surface area contributed by atoms with E-state index in [2.05, 4.69) is 10.1 Å². The quantitative estimate of drug-likeness (QED) is 0.322. The van der Waals surface area contributed by atoms with Crippen molar-refractivity contribution in [2.45, 2.75) is 25.4 Å². The second kappa shape index (κ2) is 6.28. The summed E-state index contributed by atoms with van der Waals surface area (Å²) in [6, 6.07) is 3.49. The van der Waals surface area contributed by atoms with Gasteiger partial charge in [-0.15, -0.1) is 0 Å². The van der Waals surface area contributed by atoms with Gasteiger partial charge >= 0.3 is 0 Å². The minimum absolute atomic E-state index is 0.0416. The smallest absolute Gasteiger partial charge is 0.170 e. The largest absolute Gasteiger partial charge is 0.409 e. The van der Waals surface area contributed by atoms with E-state index >= 15 is 0 Å². The Bertz CT molecular complexity index is 527. The fourth-order valence-electron chi connectivity index (χ4n) is 2.48. The van der Waals surface area contributed by atoms with Crippen molar-refractivity contribution in [1.82, 2.24) is 4.98 Å². The number of likely N-dealkylation sites (N-methyl/N-ethyl adjacent to an activating group) is 1. The Kier molecular flexibility index (Phi) is 4.64. The van der Waals surface area contributed by atoms with E-state index in [4.69, 9.17) is 15.7 Å². The molecule has 1 aromatic heterocycles. The summed E-state index contributed by atoms with van der Waals surface area (Å²) in [5.41, 5.74) is 6.23. The molecule has 2 heterocycles. The van der Waals surface area contributed by atoms with Crippen LogP contribution in [-0.2, 0) is 4.74 Å². The van der Waals surface area contributed by atoms with Gasteiger partial charge in [0.2, 0.25) is 0 Å². The number of anilines is 1. The fourth-order valence-corrected chi connectivity index (χ4v) is 2.48. The van der Waals surface area contributed by atoms with Gasteiger partial charge in [-0.2, -0.15) is 0 Å². The van der Waals surface area contributed by atoms with E-state index in [0.29, 0.717) is 44.0 Å². The van der Waals surface area contributed by atoms with Crippen molar-refractivity contribution in [3.05, 3.63) is 23.4 Å². The van der Waals surface area contributed by atoms with E-state index in [9.17, 15) is 5.11 Å². The molecule has 1 aromatic rings. The molecule has 0 aliphatic carbocycles. The molecule has 7 heteroatoms. The molecular weight excluding hydrogens is 272 g/mol. The number of amidine groups is 1. The molecule has 0 bridgehead atoms. The lowest BCUT2D eigenvalue weighted by Crippen LogP contribution is -2.46. The maximum absolute atomic E-state index is 10.6. The zero-order valence-electron chi connectivity index (χ0n) is 12.4. The van der Waals surface area contributed by atoms with Gasteiger partial charge < -0.3 is 25.7 Å². The molecule has 0 saturated carbocycles. The van der Waals surface area contributed by atoms with Crippen LogP contribution in [0.1, 0.15) is 24.1 Å². The number of aliphatic hydroxyl groups is 1. The highest BCUT2D eigenvalue weighted by Crippen LogP contribution is 2.24. The van der Waals surface area contributed by atoms with Crippen LogP contribution in [0.4, 0.5) is 5.82 Å². The Morgan fingerprint density at radius 3 is 2.76 bits per heavy atom. The van der Waals surface area contributed by atoms with Gasteiger partial charge in [0.05, 0.1) is 5.60 Å². The Balaban J connectivity index is 2.18. The topological polar surface area (TPSA) is 104 Å². The highest BCUT2D eigenvalue weighted by atomic mass is 16.5. The number of aromatic nitrogens is 1. The summed E-state index contributed by atoms with van der Waals surface area (Å²) in [5, 5.41) is 22.4. The lowest BCUT2D eigenvalue weighted by atomic mass is 9.94. The summed E-state index contributed by atoms with van der Waals surface area (Å²) in [6.07, 6.45) is 1.21. The highest BCUT2D eigenvalue weighted by Gasteiger charge is 2.31. The maximum Gasteiger partial charge on any atom is 0.170 e. The number of hydrogen-bond donors (Lipinski definition) is 3. The molecule has 1 saturated heterocycles. The van der Waals surface area contributed by atoms with Crippen LogP contribution in [0.3, 0.4) is 0 Å². The van der Waals surface area contributed by atoms with E-state index in [0.717, 1.165) is 5.69 Å². The van der Waals surface area contributed by atoms with Crippen LogP contribution in [0.2, 0.25) is 0 Å². The average molecular weight is 294 g/mol. The fraction of sp³-hybridized carbons (Fsp3) is 0.571. The molecule has 0 amide bonds. The van der Waals surface area contributed by atoms with Crippen molar-refractivity contribution < 1.29 is 15.1 Å². The number of oxime groups is 1. The van der Waals surface area contributed by atoms with Gasteiger partial charge in [-0.05, 0) is 19.1 Å². The number of rotatable bonds is 4. The Morgan fingerprint density at radius 1 is 1.48 bits per heavy atom. The average Bonchev–Trinajstić information content (AvgIpc) is 2.46. The third-order valence-electron chi connectivity index (χ3n) is 3.69. The first-order valence-corrected chi connectivity index (χ1v) is 6.91. The molecule has 0 aromatic carbocycles. The van der Waals surface area contributed by atoms with Crippen LogP contribution in [0.25, 0.3) is 0 Å². The minimum Gasteiger partial charge on any atom is -0.409 e. The van der Waals surface area contributed by atoms with Crippen molar-refractivity contribution in [2.24, 2.45) is 10.9 Å². The van der Waals surface area contributed by atoms with Gasteiger partial charge in [-0.3, -0.25) is 0 Å². The molecule has 21 heavy (non-hydrogen) atoms. The molecule has 2 rings (SSSR count). The summed E-state index contributed by atoms with van der Waals surface area (Å²) in [5.74, 6) is 0.719. The summed E-state index contributed by atoms with van der Waals surface area (Å²) >= 11 is 0. The SMILES string of the molecule is Cc1cc(/C(N)=N/O)cc(N(C)CC2(O)CCOCC2)n1. The standard InChI is InChI=1S/C14H22N4O3/c1-10-7-11(13(15)17-20)8-12(16-10)18(2)9-14(19)3-5-21-6-4-14/h7-8,19-20H,3-6,9H2,1-2H3,(H2,15,17). The van der Waals surface area contributed by atoms with E-state index in [1.54, 1.807) is 12.1 Å². The normalized spacial score (nSPS) is 18.5. The molecule has 7 nitrogen and oxygen atoms in total.